The lowest BCUT2D eigenvalue weighted by molar-refractivity contribution is -0.125. The summed E-state index contributed by atoms with van der Waals surface area (Å²) < 4.78 is 5.34. The maximum atomic E-state index is 11.7. The van der Waals surface area contributed by atoms with Crippen molar-refractivity contribution in [1.82, 2.24) is 25.7 Å². The maximum Gasteiger partial charge on any atom is 0.246 e. The minimum Gasteiger partial charge on any atom is -0.372 e. The lowest BCUT2D eigenvalue weighted by Gasteiger charge is -2.08. The highest BCUT2D eigenvalue weighted by atomic mass is 16.5. The number of ether oxygens (including phenoxy) is 1. The molecule has 0 spiro atoms. The van der Waals surface area contributed by atoms with Gasteiger partial charge in [0, 0.05) is 18.7 Å². The summed E-state index contributed by atoms with van der Waals surface area (Å²) in [6, 6.07) is 7.60. The fraction of sp³-hybridized carbons (Fsp3) is 0.471. The van der Waals surface area contributed by atoms with E-state index < -0.39 is 0 Å². The van der Waals surface area contributed by atoms with E-state index in [1.165, 1.54) is 0 Å². The van der Waals surface area contributed by atoms with Gasteiger partial charge in [0.25, 0.3) is 0 Å². The maximum absolute atomic E-state index is 11.7. The van der Waals surface area contributed by atoms with Gasteiger partial charge in [-0.2, -0.15) is 0 Å². The highest BCUT2D eigenvalue weighted by Gasteiger charge is 2.05. The Hall–Kier alpha value is -2.41. The zero-order valence-corrected chi connectivity index (χ0v) is 14.3. The summed E-state index contributed by atoms with van der Waals surface area (Å²) in [6.07, 6.45) is 0.958. The van der Waals surface area contributed by atoms with E-state index in [0.29, 0.717) is 30.7 Å². The number of aryl methyl sites for hydroxylation is 1. The van der Waals surface area contributed by atoms with E-state index in [1.807, 2.05) is 24.3 Å². The van der Waals surface area contributed by atoms with Crippen LogP contribution in [0.3, 0.4) is 0 Å². The largest absolute Gasteiger partial charge is 0.372 e. The molecule has 2 rings (SSSR count). The summed E-state index contributed by atoms with van der Waals surface area (Å²) in [7, 11) is 0. The first-order valence-corrected chi connectivity index (χ1v) is 8.02. The first kappa shape index (κ1) is 17.9. The summed E-state index contributed by atoms with van der Waals surface area (Å²) in [5, 5.41) is 18.6. The van der Waals surface area contributed by atoms with Crippen LogP contribution in [-0.4, -0.2) is 39.5 Å². The third-order valence-electron chi connectivity index (χ3n) is 3.35. The third kappa shape index (κ3) is 6.00. The van der Waals surface area contributed by atoms with Crippen LogP contribution in [0.1, 0.15) is 31.7 Å². The van der Waals surface area contributed by atoms with Gasteiger partial charge in [0.15, 0.2) is 5.82 Å². The van der Waals surface area contributed by atoms with Gasteiger partial charge in [0.1, 0.15) is 6.61 Å². The molecule has 0 aliphatic heterocycles. The molecular formula is C17H23N5O2. The second kappa shape index (κ2) is 9.02. The van der Waals surface area contributed by atoms with E-state index in [0.717, 1.165) is 17.5 Å². The van der Waals surface area contributed by atoms with Crippen molar-refractivity contribution in [3.05, 3.63) is 35.7 Å². The number of nitrogens with zero attached hydrogens (tertiary/aromatic N) is 4. The van der Waals surface area contributed by atoms with Gasteiger partial charge in [-0.15, -0.1) is 20.4 Å². The first-order valence-electron chi connectivity index (χ1n) is 8.02. The molecule has 1 N–H and O–H groups in total. The standard InChI is InChI=1S/C17H23N5O2/c1-12(2)8-9-24-11-16(23)18-10-14-4-6-15(7-5-14)17-21-19-13(3)20-22-17/h4-7,12H,8-11H2,1-3H3,(H,18,23). The highest BCUT2D eigenvalue weighted by Crippen LogP contribution is 2.13. The Morgan fingerprint density at radius 1 is 1.12 bits per heavy atom. The smallest absolute Gasteiger partial charge is 0.246 e. The second-order valence-electron chi connectivity index (χ2n) is 5.98. The van der Waals surface area contributed by atoms with E-state index >= 15 is 0 Å². The van der Waals surface area contributed by atoms with E-state index in [-0.39, 0.29) is 12.5 Å². The summed E-state index contributed by atoms with van der Waals surface area (Å²) in [5.74, 6) is 1.48. The van der Waals surface area contributed by atoms with Gasteiger partial charge in [-0.25, -0.2) is 0 Å². The fourth-order valence-corrected chi connectivity index (χ4v) is 1.90. The number of aromatic nitrogens is 4. The SMILES string of the molecule is Cc1nnc(-c2ccc(CNC(=O)COCCC(C)C)cc2)nn1. The van der Waals surface area contributed by atoms with E-state index in [2.05, 4.69) is 39.6 Å². The number of carbonyl (C=O) groups is 1. The zero-order chi connectivity index (χ0) is 17.4. The topological polar surface area (TPSA) is 89.9 Å². The molecule has 0 saturated heterocycles. The van der Waals surface area contributed by atoms with Crippen LogP contribution in [0.25, 0.3) is 11.4 Å². The third-order valence-corrected chi connectivity index (χ3v) is 3.35. The Labute approximate surface area is 141 Å². The van der Waals surface area contributed by atoms with Crippen LogP contribution in [-0.2, 0) is 16.1 Å². The number of carbonyl (C=O) groups excluding carboxylic acids is 1. The Morgan fingerprint density at radius 2 is 1.79 bits per heavy atom. The van der Waals surface area contributed by atoms with Crippen molar-refractivity contribution in [3.8, 4) is 11.4 Å². The van der Waals surface area contributed by atoms with Crippen molar-refractivity contribution in [2.75, 3.05) is 13.2 Å². The quantitative estimate of drug-likeness (QED) is 0.744. The van der Waals surface area contributed by atoms with Crippen LogP contribution in [0, 0.1) is 12.8 Å². The van der Waals surface area contributed by atoms with Crippen LogP contribution in [0.2, 0.25) is 0 Å². The molecule has 1 amide bonds. The molecule has 0 aliphatic rings. The predicted molar refractivity (Wildman–Crippen MR) is 89.9 cm³/mol. The Kier molecular flexibility index (Phi) is 6.74. The Morgan fingerprint density at radius 3 is 2.42 bits per heavy atom. The van der Waals surface area contributed by atoms with Crippen LogP contribution in [0.15, 0.2) is 24.3 Å². The van der Waals surface area contributed by atoms with Crippen molar-refractivity contribution >= 4 is 5.91 Å². The van der Waals surface area contributed by atoms with Gasteiger partial charge in [-0.05, 0) is 24.8 Å². The minimum absolute atomic E-state index is 0.0966. The van der Waals surface area contributed by atoms with Gasteiger partial charge in [0.05, 0.1) is 0 Å². The van der Waals surface area contributed by atoms with Gasteiger partial charge in [-0.1, -0.05) is 38.1 Å². The van der Waals surface area contributed by atoms with Gasteiger partial charge in [-0.3, -0.25) is 4.79 Å². The van der Waals surface area contributed by atoms with Crippen LogP contribution >= 0.6 is 0 Å². The molecule has 1 aromatic carbocycles. The van der Waals surface area contributed by atoms with Crippen LogP contribution in [0.4, 0.5) is 0 Å². The van der Waals surface area contributed by atoms with E-state index in [4.69, 9.17) is 4.74 Å². The van der Waals surface area contributed by atoms with Crippen molar-refractivity contribution in [2.45, 2.75) is 33.7 Å². The summed E-state index contributed by atoms with van der Waals surface area (Å²) in [4.78, 5) is 11.7. The van der Waals surface area contributed by atoms with Crippen molar-refractivity contribution in [2.24, 2.45) is 5.92 Å². The average molecular weight is 329 g/mol. The Balaban J connectivity index is 1.77. The van der Waals surface area contributed by atoms with Crippen LogP contribution < -0.4 is 5.32 Å². The molecule has 1 aromatic heterocycles. The lowest BCUT2D eigenvalue weighted by atomic mass is 10.1. The monoisotopic (exact) mass is 329 g/mol. The molecule has 0 saturated carbocycles. The molecule has 128 valence electrons. The molecule has 24 heavy (non-hydrogen) atoms. The van der Waals surface area contributed by atoms with Crippen molar-refractivity contribution in [3.63, 3.8) is 0 Å². The van der Waals surface area contributed by atoms with E-state index in [1.54, 1.807) is 6.92 Å². The molecule has 0 radical (unpaired) electrons. The Bertz CT molecular complexity index is 641. The van der Waals surface area contributed by atoms with Gasteiger partial charge in [0.2, 0.25) is 11.7 Å². The van der Waals surface area contributed by atoms with Gasteiger partial charge >= 0.3 is 0 Å². The number of benzene rings is 1. The fourth-order valence-electron chi connectivity index (χ4n) is 1.90. The summed E-state index contributed by atoms with van der Waals surface area (Å²) in [6.45, 7) is 7.15. The summed E-state index contributed by atoms with van der Waals surface area (Å²) in [5.41, 5.74) is 1.82. The normalized spacial score (nSPS) is 10.8. The number of hydrogen-bond acceptors (Lipinski definition) is 6. The van der Waals surface area contributed by atoms with Crippen molar-refractivity contribution in [1.29, 1.82) is 0 Å². The predicted octanol–water partition coefficient (Wildman–Crippen LogP) is 1.92. The second-order valence-corrected chi connectivity index (χ2v) is 5.98. The zero-order valence-electron chi connectivity index (χ0n) is 14.3. The molecule has 7 heteroatoms. The highest BCUT2D eigenvalue weighted by molar-refractivity contribution is 5.77. The molecule has 0 aliphatic carbocycles. The number of rotatable bonds is 8. The molecule has 2 aromatic rings. The molecular weight excluding hydrogens is 306 g/mol. The lowest BCUT2D eigenvalue weighted by Crippen LogP contribution is -2.27. The van der Waals surface area contributed by atoms with Crippen molar-refractivity contribution < 1.29 is 9.53 Å². The summed E-state index contributed by atoms with van der Waals surface area (Å²) >= 11 is 0. The van der Waals surface area contributed by atoms with Gasteiger partial charge < -0.3 is 10.1 Å². The molecule has 1 heterocycles. The molecule has 0 bridgehead atoms. The molecule has 0 unspecified atom stereocenters. The average Bonchev–Trinajstić information content (AvgIpc) is 2.58. The number of hydrogen-bond donors (Lipinski definition) is 1. The molecule has 7 nitrogen and oxygen atoms in total. The van der Waals surface area contributed by atoms with Crippen LogP contribution in [0.5, 0.6) is 0 Å². The molecule has 0 fully saturated rings. The number of nitrogens with one attached hydrogen (secondary N) is 1. The first-order chi connectivity index (χ1) is 11.5. The minimum atomic E-state index is -0.113. The van der Waals surface area contributed by atoms with E-state index in [9.17, 15) is 4.79 Å². The molecule has 0 atom stereocenters. The number of amides is 1.